The summed E-state index contributed by atoms with van der Waals surface area (Å²) in [6.07, 6.45) is 2.32. The van der Waals surface area contributed by atoms with Crippen molar-refractivity contribution < 1.29 is 0 Å². The predicted octanol–water partition coefficient (Wildman–Crippen LogP) is 5.97. The van der Waals surface area contributed by atoms with Crippen LogP contribution in [0.15, 0.2) is 0 Å². The second-order valence-corrected chi connectivity index (χ2v) is 13.6. The standard InChI is InChI=1S/C12H26S10/c13-3-1-5-18-11(21-8-16)10(20-7-15)12(22-9-17)19-6-2-4-14/h10-17H,1-9H2. The average molecular weight is 491 g/mol. The van der Waals surface area contributed by atoms with Gasteiger partial charge in [-0.25, -0.2) is 0 Å². The van der Waals surface area contributed by atoms with Gasteiger partial charge in [-0.2, -0.15) is 63.1 Å². The molecule has 0 aromatic carbocycles. The van der Waals surface area contributed by atoms with Crippen molar-refractivity contribution in [2.24, 2.45) is 0 Å². The van der Waals surface area contributed by atoms with E-state index < -0.39 is 0 Å². The quantitative estimate of drug-likeness (QED) is 0.102. The summed E-state index contributed by atoms with van der Waals surface area (Å²) in [5.41, 5.74) is 0. The molecule has 0 aromatic heterocycles. The van der Waals surface area contributed by atoms with Crippen LogP contribution < -0.4 is 0 Å². The third-order valence-corrected chi connectivity index (χ3v) is 11.7. The molecule has 0 aromatic rings. The molecule has 2 unspecified atom stereocenters. The van der Waals surface area contributed by atoms with Crippen LogP contribution in [0.1, 0.15) is 12.8 Å². The minimum atomic E-state index is 0.551. The lowest BCUT2D eigenvalue weighted by atomic mass is 10.5. The Morgan fingerprint density at radius 1 is 0.545 bits per heavy atom. The molecule has 22 heavy (non-hydrogen) atoms. The largest absolute Gasteiger partial charge is 0.179 e. The molecular formula is C12H26S10. The minimum absolute atomic E-state index is 0.551. The molecule has 0 bridgehead atoms. The number of thioether (sulfide) groups is 5. The summed E-state index contributed by atoms with van der Waals surface area (Å²) in [5.74, 6) is 4.25. The molecule has 0 aliphatic carbocycles. The Hall–Kier alpha value is 3.50. The molecule has 0 N–H and O–H groups in total. The zero-order valence-corrected chi connectivity index (χ0v) is 20.9. The first-order chi connectivity index (χ1) is 10.7. The fraction of sp³-hybridized carbons (Fsp3) is 1.00. The van der Waals surface area contributed by atoms with E-state index in [1.54, 1.807) is 0 Å². The molecule has 10 heteroatoms. The van der Waals surface area contributed by atoms with Gasteiger partial charge in [0.05, 0.1) is 9.16 Å². The van der Waals surface area contributed by atoms with Crippen molar-refractivity contribution in [2.75, 3.05) is 38.3 Å². The van der Waals surface area contributed by atoms with Crippen molar-refractivity contribution in [1.82, 2.24) is 0 Å². The Morgan fingerprint density at radius 2 is 0.955 bits per heavy atom. The fourth-order valence-corrected chi connectivity index (χ4v) is 11.6. The van der Waals surface area contributed by atoms with Gasteiger partial charge >= 0.3 is 0 Å². The van der Waals surface area contributed by atoms with Gasteiger partial charge in [0.15, 0.2) is 0 Å². The molecule has 2 atom stereocenters. The summed E-state index contributed by atoms with van der Waals surface area (Å²) in [4.78, 5) is 0. The van der Waals surface area contributed by atoms with E-state index in [4.69, 9.17) is 0 Å². The molecule has 134 valence electrons. The lowest BCUT2D eigenvalue weighted by Crippen LogP contribution is -2.28. The summed E-state index contributed by atoms with van der Waals surface area (Å²) >= 11 is 32.0. The molecular weight excluding hydrogens is 465 g/mol. The SMILES string of the molecule is SCCCSC(SCS)C(SCS)C(SCS)SCCCS. The summed E-state index contributed by atoms with van der Waals surface area (Å²) in [5, 5.41) is 3.14. The monoisotopic (exact) mass is 490 g/mol. The summed E-state index contributed by atoms with van der Waals surface area (Å²) in [7, 11) is 0. The van der Waals surface area contributed by atoms with Crippen LogP contribution in [0.3, 0.4) is 0 Å². The van der Waals surface area contributed by atoms with E-state index in [2.05, 4.69) is 86.7 Å². The van der Waals surface area contributed by atoms with Crippen LogP contribution in [0.5, 0.6) is 0 Å². The van der Waals surface area contributed by atoms with Crippen molar-refractivity contribution in [3.05, 3.63) is 0 Å². The van der Waals surface area contributed by atoms with E-state index in [0.29, 0.717) is 14.4 Å². The highest BCUT2D eigenvalue weighted by Crippen LogP contribution is 2.43. The van der Waals surface area contributed by atoms with E-state index in [1.165, 1.54) is 0 Å². The molecule has 0 rings (SSSR count). The Kier molecular flexibility index (Phi) is 22.3. The van der Waals surface area contributed by atoms with Gasteiger partial charge in [-0.05, 0) is 35.9 Å². The fourth-order valence-electron chi connectivity index (χ4n) is 1.52. The van der Waals surface area contributed by atoms with E-state index >= 15 is 0 Å². The Bertz CT molecular complexity index is 210. The molecule has 0 spiro atoms. The maximum Gasteiger partial charge on any atom is 0.0648 e. The van der Waals surface area contributed by atoms with Crippen molar-refractivity contribution in [1.29, 1.82) is 0 Å². The molecule has 0 amide bonds. The van der Waals surface area contributed by atoms with Gasteiger partial charge in [0, 0.05) is 20.5 Å². The molecule has 0 radical (unpaired) electrons. The van der Waals surface area contributed by atoms with Crippen LogP contribution in [0, 0.1) is 0 Å². The third-order valence-electron chi connectivity index (χ3n) is 2.45. The second-order valence-electron chi connectivity index (χ2n) is 3.98. The summed E-state index contributed by atoms with van der Waals surface area (Å²) < 4.78 is 1.10. The van der Waals surface area contributed by atoms with Gasteiger partial charge in [0.25, 0.3) is 0 Å². The molecule has 0 fully saturated rings. The van der Waals surface area contributed by atoms with Gasteiger partial charge in [-0.3, -0.25) is 0 Å². The Morgan fingerprint density at radius 3 is 1.27 bits per heavy atom. The summed E-state index contributed by atoms with van der Waals surface area (Å²) in [6, 6.07) is 0. The molecule has 0 aliphatic heterocycles. The average Bonchev–Trinajstić information content (AvgIpc) is 2.52. The van der Waals surface area contributed by atoms with E-state index in [9.17, 15) is 0 Å². The van der Waals surface area contributed by atoms with Crippen molar-refractivity contribution in [2.45, 2.75) is 27.3 Å². The first kappa shape index (κ1) is 25.5. The van der Waals surface area contributed by atoms with Gasteiger partial charge in [-0.1, -0.05) is 0 Å². The zero-order valence-electron chi connectivity index (χ0n) is 12.4. The van der Waals surface area contributed by atoms with Crippen LogP contribution in [0.2, 0.25) is 0 Å². The Labute approximate surface area is 185 Å². The van der Waals surface area contributed by atoms with Crippen LogP contribution >= 0.6 is 122 Å². The maximum atomic E-state index is 4.47. The molecule has 0 saturated carbocycles. The zero-order chi connectivity index (χ0) is 16.6. The van der Waals surface area contributed by atoms with E-state index in [-0.39, 0.29) is 0 Å². The van der Waals surface area contributed by atoms with Crippen LogP contribution in [-0.2, 0) is 0 Å². The van der Waals surface area contributed by atoms with E-state index in [0.717, 1.165) is 51.1 Å². The van der Waals surface area contributed by atoms with Crippen molar-refractivity contribution in [3.63, 3.8) is 0 Å². The number of hydrogen-bond acceptors (Lipinski definition) is 10. The predicted molar refractivity (Wildman–Crippen MR) is 138 cm³/mol. The van der Waals surface area contributed by atoms with Crippen molar-refractivity contribution in [3.8, 4) is 0 Å². The van der Waals surface area contributed by atoms with Gasteiger partial charge in [0.2, 0.25) is 0 Å². The number of rotatable bonds is 16. The minimum Gasteiger partial charge on any atom is -0.179 e. The van der Waals surface area contributed by atoms with Gasteiger partial charge < -0.3 is 0 Å². The highest BCUT2D eigenvalue weighted by atomic mass is 32.2. The van der Waals surface area contributed by atoms with E-state index in [1.807, 2.05) is 35.3 Å². The topological polar surface area (TPSA) is 0 Å². The van der Waals surface area contributed by atoms with Gasteiger partial charge in [0.1, 0.15) is 0 Å². The smallest absolute Gasteiger partial charge is 0.0648 e. The first-order valence-electron chi connectivity index (χ1n) is 6.87. The molecule has 0 heterocycles. The lowest BCUT2D eigenvalue weighted by Gasteiger charge is -2.31. The maximum absolute atomic E-state index is 4.47. The molecule has 0 saturated heterocycles. The normalized spacial score (nSPS) is 15.7. The first-order valence-corrected chi connectivity index (χ1v) is 15.3. The molecule has 0 nitrogen and oxygen atoms in total. The number of thiol groups is 5. The second kappa shape index (κ2) is 19.3. The molecule has 0 aliphatic rings. The Balaban J connectivity index is 4.76. The van der Waals surface area contributed by atoms with Crippen LogP contribution in [0.25, 0.3) is 0 Å². The lowest BCUT2D eigenvalue weighted by molar-refractivity contribution is 1.04. The van der Waals surface area contributed by atoms with Gasteiger partial charge in [-0.15, -0.1) is 58.8 Å². The van der Waals surface area contributed by atoms with Crippen LogP contribution in [-0.4, -0.2) is 52.7 Å². The number of hydrogen-bond donors (Lipinski definition) is 5. The highest BCUT2D eigenvalue weighted by Gasteiger charge is 2.30. The summed E-state index contributed by atoms with van der Waals surface area (Å²) in [6.45, 7) is 0. The third kappa shape index (κ3) is 12.8. The van der Waals surface area contributed by atoms with Crippen molar-refractivity contribution >= 4 is 122 Å². The highest BCUT2D eigenvalue weighted by molar-refractivity contribution is 8.24. The van der Waals surface area contributed by atoms with Crippen LogP contribution in [0.4, 0.5) is 0 Å².